The number of nitrogens with zero attached hydrogens (tertiary/aromatic N) is 2. The molecule has 4 rings (SSSR count). The van der Waals surface area contributed by atoms with Gasteiger partial charge >= 0.3 is 0 Å². The van der Waals surface area contributed by atoms with Crippen LogP contribution in [0.4, 0.5) is 4.39 Å². The van der Waals surface area contributed by atoms with Gasteiger partial charge in [-0.2, -0.15) is 0 Å². The highest BCUT2D eigenvalue weighted by Gasteiger charge is 2.15. The minimum atomic E-state index is -0.618. The van der Waals surface area contributed by atoms with Gasteiger partial charge in [0.2, 0.25) is 0 Å². The van der Waals surface area contributed by atoms with Gasteiger partial charge in [-0.1, -0.05) is 12.1 Å². The van der Waals surface area contributed by atoms with E-state index in [1.54, 1.807) is 6.07 Å². The summed E-state index contributed by atoms with van der Waals surface area (Å²) < 4.78 is 15.3. The Hall–Kier alpha value is -2.05. The highest BCUT2D eigenvalue weighted by atomic mass is 32.1. The number of rotatable bonds is 1. The molecule has 2 aromatic carbocycles. The maximum atomic E-state index is 13.8. The Morgan fingerprint density at radius 1 is 0.900 bits per heavy atom. The lowest BCUT2D eigenvalue weighted by Crippen LogP contribution is -1.76. The van der Waals surface area contributed by atoms with Gasteiger partial charge < -0.3 is 5.11 Å². The van der Waals surface area contributed by atoms with E-state index >= 15 is 0 Å². The second kappa shape index (κ2) is 4.22. The Bertz CT molecular complexity index is 912. The van der Waals surface area contributed by atoms with E-state index in [0.29, 0.717) is 15.2 Å². The maximum absolute atomic E-state index is 13.8. The number of aromatic hydroxyl groups is 1. The SMILES string of the molecule is Oc1ccc2nc(-c3nc4ccccc4s3)sc2c1F. The summed E-state index contributed by atoms with van der Waals surface area (Å²) in [7, 11) is 0. The first kappa shape index (κ1) is 11.7. The van der Waals surface area contributed by atoms with Crippen LogP contribution in [0, 0.1) is 5.82 Å². The number of fused-ring (bicyclic) bond motifs is 2. The second-order valence-corrected chi connectivity index (χ2v) is 6.28. The molecule has 98 valence electrons. The van der Waals surface area contributed by atoms with Crippen LogP contribution in [-0.2, 0) is 0 Å². The molecule has 2 aromatic heterocycles. The molecule has 20 heavy (non-hydrogen) atoms. The molecule has 6 heteroatoms. The van der Waals surface area contributed by atoms with Crippen molar-refractivity contribution in [2.75, 3.05) is 0 Å². The zero-order valence-corrected chi connectivity index (χ0v) is 11.6. The van der Waals surface area contributed by atoms with Crippen molar-refractivity contribution in [3.05, 3.63) is 42.2 Å². The first-order valence-corrected chi connectivity index (χ1v) is 7.49. The average molecular weight is 302 g/mol. The van der Waals surface area contributed by atoms with E-state index in [0.717, 1.165) is 15.2 Å². The van der Waals surface area contributed by atoms with E-state index < -0.39 is 5.82 Å². The van der Waals surface area contributed by atoms with Crippen molar-refractivity contribution in [1.29, 1.82) is 0 Å². The Balaban J connectivity index is 1.95. The predicted octanol–water partition coefficient (Wildman–Crippen LogP) is 4.42. The zero-order chi connectivity index (χ0) is 13.7. The van der Waals surface area contributed by atoms with Crippen LogP contribution in [0.25, 0.3) is 30.4 Å². The van der Waals surface area contributed by atoms with Crippen LogP contribution >= 0.6 is 22.7 Å². The van der Waals surface area contributed by atoms with E-state index in [2.05, 4.69) is 9.97 Å². The van der Waals surface area contributed by atoms with Gasteiger partial charge in [-0.05, 0) is 24.3 Å². The van der Waals surface area contributed by atoms with Crippen molar-refractivity contribution in [1.82, 2.24) is 9.97 Å². The van der Waals surface area contributed by atoms with Gasteiger partial charge in [0.05, 0.1) is 20.4 Å². The van der Waals surface area contributed by atoms with E-state index in [1.165, 1.54) is 28.7 Å². The van der Waals surface area contributed by atoms with E-state index in [-0.39, 0.29) is 5.75 Å². The van der Waals surface area contributed by atoms with Crippen LogP contribution in [-0.4, -0.2) is 15.1 Å². The van der Waals surface area contributed by atoms with Crippen LogP contribution in [0.2, 0.25) is 0 Å². The molecule has 0 amide bonds. The van der Waals surface area contributed by atoms with Gasteiger partial charge in [-0.25, -0.2) is 14.4 Å². The number of para-hydroxylation sites is 1. The lowest BCUT2D eigenvalue weighted by molar-refractivity contribution is 0.436. The summed E-state index contributed by atoms with van der Waals surface area (Å²) >= 11 is 2.74. The first-order valence-electron chi connectivity index (χ1n) is 5.86. The molecule has 1 N–H and O–H groups in total. The lowest BCUT2D eigenvalue weighted by Gasteiger charge is -1.92. The van der Waals surface area contributed by atoms with Gasteiger partial charge in [0.1, 0.15) is 0 Å². The van der Waals surface area contributed by atoms with Crippen LogP contribution in [0.5, 0.6) is 5.75 Å². The number of benzene rings is 2. The predicted molar refractivity (Wildman–Crippen MR) is 79.9 cm³/mol. The molecule has 2 heterocycles. The van der Waals surface area contributed by atoms with Crippen molar-refractivity contribution in [3.8, 4) is 15.8 Å². The highest BCUT2D eigenvalue weighted by Crippen LogP contribution is 2.37. The molecule has 0 aliphatic rings. The molecule has 0 aliphatic carbocycles. The number of thiazole rings is 2. The number of phenolic OH excluding ortho intramolecular Hbond substituents is 1. The molecule has 3 nitrogen and oxygen atoms in total. The Kier molecular flexibility index (Phi) is 2.48. The normalized spacial score (nSPS) is 11.4. The Morgan fingerprint density at radius 2 is 1.65 bits per heavy atom. The van der Waals surface area contributed by atoms with Gasteiger partial charge in [0.15, 0.2) is 21.6 Å². The van der Waals surface area contributed by atoms with E-state index in [9.17, 15) is 9.50 Å². The summed E-state index contributed by atoms with van der Waals surface area (Å²) in [5.41, 5.74) is 1.45. The number of phenols is 1. The van der Waals surface area contributed by atoms with Crippen LogP contribution < -0.4 is 0 Å². The van der Waals surface area contributed by atoms with Crippen molar-refractivity contribution < 1.29 is 9.50 Å². The summed E-state index contributed by atoms with van der Waals surface area (Å²) in [5, 5.41) is 10.8. The van der Waals surface area contributed by atoms with Crippen molar-refractivity contribution in [2.45, 2.75) is 0 Å². The van der Waals surface area contributed by atoms with Gasteiger partial charge in [-0.15, -0.1) is 22.7 Å². The molecule has 0 unspecified atom stereocenters. The molecule has 0 bridgehead atoms. The molecule has 4 aromatic rings. The zero-order valence-electron chi connectivity index (χ0n) is 10.0. The van der Waals surface area contributed by atoms with Gasteiger partial charge in [0, 0.05) is 0 Å². The van der Waals surface area contributed by atoms with E-state index in [4.69, 9.17) is 0 Å². The van der Waals surface area contributed by atoms with E-state index in [1.807, 2.05) is 24.3 Å². The molecular formula is C14H7FN2OS2. The first-order chi connectivity index (χ1) is 9.72. The molecule has 0 aliphatic heterocycles. The maximum Gasteiger partial charge on any atom is 0.184 e. The summed E-state index contributed by atoms with van der Waals surface area (Å²) in [6.07, 6.45) is 0. The largest absolute Gasteiger partial charge is 0.505 e. The Morgan fingerprint density at radius 3 is 2.50 bits per heavy atom. The van der Waals surface area contributed by atoms with Crippen molar-refractivity contribution >= 4 is 43.1 Å². The molecule has 0 saturated carbocycles. The number of halogens is 1. The number of aromatic nitrogens is 2. The smallest absolute Gasteiger partial charge is 0.184 e. The third-order valence-electron chi connectivity index (χ3n) is 2.95. The van der Waals surface area contributed by atoms with Crippen molar-refractivity contribution in [2.24, 2.45) is 0 Å². The third-order valence-corrected chi connectivity index (χ3v) is 5.20. The van der Waals surface area contributed by atoms with Crippen molar-refractivity contribution in [3.63, 3.8) is 0 Å². The lowest BCUT2D eigenvalue weighted by atomic mass is 10.3. The standard InChI is InChI=1S/C14H7FN2OS2/c15-11-9(18)6-5-8-12(11)20-14(17-8)13-16-7-3-1-2-4-10(7)19-13/h1-6,18H. The Labute approximate surface area is 121 Å². The fraction of sp³-hybridized carbons (Fsp3) is 0. The quantitative estimate of drug-likeness (QED) is 0.566. The topological polar surface area (TPSA) is 46.0 Å². The van der Waals surface area contributed by atoms with Gasteiger partial charge in [-0.3, -0.25) is 0 Å². The monoisotopic (exact) mass is 302 g/mol. The molecule has 0 saturated heterocycles. The summed E-state index contributed by atoms with van der Waals surface area (Å²) in [6.45, 7) is 0. The molecule has 0 fully saturated rings. The average Bonchev–Trinajstić information content (AvgIpc) is 3.06. The van der Waals surface area contributed by atoms with Crippen LogP contribution in [0.15, 0.2) is 36.4 Å². The van der Waals surface area contributed by atoms with Crippen LogP contribution in [0.1, 0.15) is 0 Å². The minimum absolute atomic E-state index is 0.350. The summed E-state index contributed by atoms with van der Waals surface area (Å²) in [4.78, 5) is 8.91. The number of hydrogen-bond acceptors (Lipinski definition) is 5. The molecule has 0 radical (unpaired) electrons. The third kappa shape index (κ3) is 1.69. The van der Waals surface area contributed by atoms with Gasteiger partial charge in [0.25, 0.3) is 0 Å². The fourth-order valence-corrected chi connectivity index (χ4v) is 3.99. The minimum Gasteiger partial charge on any atom is -0.505 e. The molecule has 0 atom stereocenters. The highest BCUT2D eigenvalue weighted by molar-refractivity contribution is 7.27. The molecular weight excluding hydrogens is 295 g/mol. The summed E-state index contributed by atoms with van der Waals surface area (Å²) in [5.74, 6) is -0.968. The number of hydrogen-bond donors (Lipinski definition) is 1. The molecule has 0 spiro atoms. The second-order valence-electron chi connectivity index (χ2n) is 4.25. The van der Waals surface area contributed by atoms with Crippen LogP contribution in [0.3, 0.4) is 0 Å². The fourth-order valence-electron chi connectivity index (χ4n) is 2.00. The summed E-state index contributed by atoms with van der Waals surface area (Å²) in [6, 6.07) is 10.8.